The molecule has 4 rings (SSSR count). The summed E-state index contributed by atoms with van der Waals surface area (Å²) in [5, 5.41) is 2.97. The molecule has 33 heavy (non-hydrogen) atoms. The van der Waals surface area contributed by atoms with Gasteiger partial charge in [0.2, 0.25) is 0 Å². The number of nitrogens with zero attached hydrogens (tertiary/aromatic N) is 1. The van der Waals surface area contributed by atoms with Gasteiger partial charge in [0.25, 0.3) is 11.8 Å². The van der Waals surface area contributed by atoms with Gasteiger partial charge in [0.15, 0.2) is 0 Å². The van der Waals surface area contributed by atoms with Crippen molar-refractivity contribution in [3.05, 3.63) is 100 Å². The molecule has 3 aromatic rings. The molecule has 3 aromatic carbocycles. The fraction of sp³-hybridized carbons (Fsp3) is 0.185. The normalized spacial score (nSPS) is 15.3. The van der Waals surface area contributed by atoms with E-state index in [4.69, 9.17) is 0 Å². The minimum atomic E-state index is -0.326. The molecule has 0 aromatic heterocycles. The fourth-order valence-corrected chi connectivity index (χ4v) is 4.53. The van der Waals surface area contributed by atoms with E-state index in [0.29, 0.717) is 16.2 Å². The van der Waals surface area contributed by atoms with Crippen LogP contribution in [0.15, 0.2) is 82.6 Å². The molecular formula is C27H25FN2O2S. The molecule has 0 aliphatic carbocycles. The molecule has 1 atom stereocenters. The van der Waals surface area contributed by atoms with Gasteiger partial charge in [-0.15, -0.1) is 0 Å². The Kier molecular flexibility index (Phi) is 6.94. The van der Waals surface area contributed by atoms with Crippen molar-refractivity contribution >= 4 is 35.3 Å². The predicted molar refractivity (Wildman–Crippen MR) is 132 cm³/mol. The molecule has 4 nitrogen and oxygen atoms in total. The molecule has 0 radical (unpaired) electrons. The Hall–Kier alpha value is -3.38. The van der Waals surface area contributed by atoms with Crippen LogP contribution in [0.25, 0.3) is 6.08 Å². The molecule has 0 spiro atoms. The number of hydrogen-bond donors (Lipinski definition) is 1. The number of amides is 2. The third kappa shape index (κ3) is 5.34. The number of fused-ring (bicyclic) bond motifs is 1. The zero-order valence-electron chi connectivity index (χ0n) is 18.5. The molecule has 1 N–H and O–H groups in total. The minimum absolute atomic E-state index is 0.0558. The van der Waals surface area contributed by atoms with Crippen molar-refractivity contribution in [2.75, 3.05) is 4.90 Å². The Balaban J connectivity index is 1.73. The van der Waals surface area contributed by atoms with E-state index in [-0.39, 0.29) is 30.2 Å². The summed E-state index contributed by atoms with van der Waals surface area (Å²) in [6.45, 7) is 4.24. The quantitative estimate of drug-likeness (QED) is 0.457. The summed E-state index contributed by atoms with van der Waals surface area (Å²) in [6, 6.07) is 21.3. The van der Waals surface area contributed by atoms with Crippen molar-refractivity contribution in [1.82, 2.24) is 5.32 Å². The zero-order valence-corrected chi connectivity index (χ0v) is 19.4. The van der Waals surface area contributed by atoms with Gasteiger partial charge in [0, 0.05) is 16.5 Å². The monoisotopic (exact) mass is 460 g/mol. The lowest BCUT2D eigenvalue weighted by Gasteiger charge is -2.31. The molecule has 0 fully saturated rings. The second-order valence-electron chi connectivity index (χ2n) is 8.00. The molecule has 0 bridgehead atoms. The Bertz CT molecular complexity index is 1190. The number of hydrogen-bond acceptors (Lipinski definition) is 3. The highest BCUT2D eigenvalue weighted by atomic mass is 32.2. The van der Waals surface area contributed by atoms with Crippen molar-refractivity contribution in [3.8, 4) is 0 Å². The van der Waals surface area contributed by atoms with E-state index in [1.165, 1.54) is 23.9 Å². The van der Waals surface area contributed by atoms with Crippen LogP contribution >= 0.6 is 11.8 Å². The number of carbonyl (C=O) groups excluding carboxylic acids is 2. The summed E-state index contributed by atoms with van der Waals surface area (Å²) < 4.78 is 13.4. The average Bonchev–Trinajstić information content (AvgIpc) is 2.83. The van der Waals surface area contributed by atoms with Gasteiger partial charge in [-0.2, -0.15) is 0 Å². The van der Waals surface area contributed by atoms with Crippen LogP contribution in [0, 0.1) is 5.82 Å². The van der Waals surface area contributed by atoms with Gasteiger partial charge in [0.1, 0.15) is 5.82 Å². The maximum atomic E-state index is 13.5. The van der Waals surface area contributed by atoms with Gasteiger partial charge >= 0.3 is 0 Å². The van der Waals surface area contributed by atoms with Crippen molar-refractivity contribution in [2.24, 2.45) is 0 Å². The molecule has 6 heteroatoms. The van der Waals surface area contributed by atoms with Crippen LogP contribution in [0.1, 0.15) is 41.8 Å². The summed E-state index contributed by atoms with van der Waals surface area (Å²) in [4.78, 5) is 29.4. The average molecular weight is 461 g/mol. The molecule has 168 valence electrons. The third-order valence-corrected chi connectivity index (χ3v) is 6.61. The van der Waals surface area contributed by atoms with Crippen LogP contribution < -0.4 is 10.2 Å². The summed E-state index contributed by atoms with van der Waals surface area (Å²) in [5.41, 5.74) is 2.91. The number of rotatable bonds is 6. The van der Waals surface area contributed by atoms with Crippen LogP contribution in [-0.4, -0.2) is 17.9 Å². The summed E-state index contributed by atoms with van der Waals surface area (Å²) in [5.74, 6) is -0.648. The molecule has 0 saturated carbocycles. The number of anilines is 1. The molecule has 1 unspecified atom stereocenters. The van der Waals surface area contributed by atoms with Crippen LogP contribution in [-0.2, 0) is 11.3 Å². The minimum Gasteiger partial charge on any atom is -0.350 e. The van der Waals surface area contributed by atoms with Crippen molar-refractivity contribution in [1.29, 1.82) is 0 Å². The van der Waals surface area contributed by atoms with Gasteiger partial charge in [-0.1, -0.05) is 61.2 Å². The lowest BCUT2D eigenvalue weighted by atomic mass is 10.1. The van der Waals surface area contributed by atoms with E-state index >= 15 is 0 Å². The molecular weight excluding hydrogens is 435 g/mol. The first-order chi connectivity index (χ1) is 15.9. The second-order valence-corrected chi connectivity index (χ2v) is 9.09. The number of benzene rings is 3. The van der Waals surface area contributed by atoms with Crippen molar-refractivity contribution in [2.45, 2.75) is 37.8 Å². The SMILES string of the molecule is CCC(C)NC(=O)c1ccc2c(c1)N(Cc1ccc(F)cc1)C(=O)C(=Cc1ccccc1)S2. The summed E-state index contributed by atoms with van der Waals surface area (Å²) in [6.07, 6.45) is 2.70. The van der Waals surface area contributed by atoms with E-state index in [1.54, 1.807) is 29.2 Å². The fourth-order valence-electron chi connectivity index (χ4n) is 3.49. The van der Waals surface area contributed by atoms with E-state index in [9.17, 15) is 14.0 Å². The molecule has 1 heterocycles. The lowest BCUT2D eigenvalue weighted by Crippen LogP contribution is -2.35. The van der Waals surface area contributed by atoms with Crippen LogP contribution in [0.4, 0.5) is 10.1 Å². The third-order valence-electron chi connectivity index (χ3n) is 5.53. The van der Waals surface area contributed by atoms with Gasteiger partial charge in [-0.25, -0.2) is 4.39 Å². The maximum absolute atomic E-state index is 13.5. The lowest BCUT2D eigenvalue weighted by molar-refractivity contribution is -0.114. The van der Waals surface area contributed by atoms with Crippen molar-refractivity contribution < 1.29 is 14.0 Å². The highest BCUT2D eigenvalue weighted by molar-refractivity contribution is 8.04. The van der Waals surface area contributed by atoms with Gasteiger partial charge in [0.05, 0.1) is 17.1 Å². The first-order valence-electron chi connectivity index (χ1n) is 10.9. The number of thioether (sulfide) groups is 1. The van der Waals surface area contributed by atoms with Crippen molar-refractivity contribution in [3.63, 3.8) is 0 Å². The molecule has 2 amide bonds. The first-order valence-corrected chi connectivity index (χ1v) is 11.7. The maximum Gasteiger partial charge on any atom is 0.265 e. The smallest absolute Gasteiger partial charge is 0.265 e. The van der Waals surface area contributed by atoms with E-state index in [1.807, 2.05) is 56.3 Å². The van der Waals surface area contributed by atoms with E-state index in [0.717, 1.165) is 22.4 Å². The Morgan fingerprint density at radius 3 is 2.52 bits per heavy atom. The van der Waals surface area contributed by atoms with E-state index < -0.39 is 0 Å². The van der Waals surface area contributed by atoms with Gasteiger partial charge in [-0.05, 0) is 60.9 Å². The molecule has 0 saturated heterocycles. The topological polar surface area (TPSA) is 49.4 Å². The van der Waals surface area contributed by atoms with Crippen LogP contribution in [0.3, 0.4) is 0 Å². The summed E-state index contributed by atoms with van der Waals surface area (Å²) >= 11 is 1.39. The Labute approximate surface area is 197 Å². The molecule has 1 aliphatic heterocycles. The highest BCUT2D eigenvalue weighted by Gasteiger charge is 2.30. The first kappa shape index (κ1) is 22.8. The number of halogens is 1. The number of nitrogens with one attached hydrogen (secondary N) is 1. The second kappa shape index (κ2) is 10.0. The Morgan fingerprint density at radius 2 is 1.82 bits per heavy atom. The van der Waals surface area contributed by atoms with Gasteiger partial charge in [-0.3, -0.25) is 9.59 Å². The standard InChI is InChI=1S/C27H25FN2O2S/c1-3-18(2)29-26(31)21-11-14-24-23(16-21)30(17-20-9-12-22(28)13-10-20)27(32)25(33-24)15-19-7-5-4-6-8-19/h4-16,18H,3,17H2,1-2H3,(H,29,31). The van der Waals surface area contributed by atoms with Crippen LogP contribution in [0.2, 0.25) is 0 Å². The van der Waals surface area contributed by atoms with E-state index in [2.05, 4.69) is 5.32 Å². The Morgan fingerprint density at radius 1 is 1.09 bits per heavy atom. The molecule has 1 aliphatic rings. The largest absolute Gasteiger partial charge is 0.350 e. The predicted octanol–water partition coefficient (Wildman–Crippen LogP) is 6.03. The number of carbonyl (C=O) groups is 2. The summed E-state index contributed by atoms with van der Waals surface area (Å²) in [7, 11) is 0. The zero-order chi connectivity index (χ0) is 23.4. The van der Waals surface area contributed by atoms with Crippen LogP contribution in [0.5, 0.6) is 0 Å². The highest BCUT2D eigenvalue weighted by Crippen LogP contribution is 2.43. The van der Waals surface area contributed by atoms with Gasteiger partial charge < -0.3 is 10.2 Å².